The molecule has 0 bridgehead atoms. The third-order valence-electron chi connectivity index (χ3n) is 3.96. The van der Waals surface area contributed by atoms with Crippen LogP contribution in [0.2, 0.25) is 0 Å². The maximum Gasteiger partial charge on any atom is 0.332 e. The summed E-state index contributed by atoms with van der Waals surface area (Å²) in [5, 5.41) is 3.06. The van der Waals surface area contributed by atoms with Crippen molar-refractivity contribution in [3.05, 3.63) is 51.1 Å². The lowest BCUT2D eigenvalue weighted by Crippen LogP contribution is -2.37. The van der Waals surface area contributed by atoms with Crippen LogP contribution in [-0.2, 0) is 25.4 Å². The topological polar surface area (TPSA) is 96.0 Å². The monoisotopic (exact) mass is 344 g/mol. The molecule has 132 valence electrons. The molecule has 3 rings (SSSR count). The van der Waals surface area contributed by atoms with Crippen LogP contribution in [0.25, 0.3) is 11.2 Å². The first-order valence-corrected chi connectivity index (χ1v) is 7.84. The molecule has 0 atom stereocenters. The average molecular weight is 344 g/mol. The van der Waals surface area contributed by atoms with Crippen LogP contribution in [0.15, 0.2) is 34.2 Å². The van der Waals surface area contributed by atoms with Gasteiger partial charge in [0.2, 0.25) is 0 Å². The number of hydrogen-bond acceptors (Lipinski definition) is 6. The Bertz CT molecular complexity index is 1000. The molecule has 0 saturated heterocycles. The quantitative estimate of drug-likeness (QED) is 0.508. The first-order chi connectivity index (χ1) is 12.0. The highest BCUT2D eigenvalue weighted by molar-refractivity contribution is 5.69. The second-order valence-electron chi connectivity index (χ2n) is 5.77. The molecule has 0 spiro atoms. The molecule has 0 amide bonds. The molecule has 0 fully saturated rings. The molecule has 0 aliphatic rings. The van der Waals surface area contributed by atoms with Gasteiger partial charge in [-0.05, 0) is 18.6 Å². The SMILES string of the molecule is Cc1ccc(NCOCCn2cnc3c2c(=O)n(C)c(=O)n3C)nc1. The smallest absolute Gasteiger partial charge is 0.332 e. The Morgan fingerprint density at radius 3 is 2.68 bits per heavy atom. The molecule has 3 aromatic heterocycles. The van der Waals surface area contributed by atoms with E-state index < -0.39 is 5.69 Å². The highest BCUT2D eigenvalue weighted by atomic mass is 16.5. The van der Waals surface area contributed by atoms with Crippen LogP contribution in [0.3, 0.4) is 0 Å². The first kappa shape index (κ1) is 16.9. The van der Waals surface area contributed by atoms with Gasteiger partial charge in [-0.15, -0.1) is 0 Å². The molecule has 0 aromatic carbocycles. The summed E-state index contributed by atoms with van der Waals surface area (Å²) in [5.41, 5.74) is 1.09. The van der Waals surface area contributed by atoms with Gasteiger partial charge in [0.25, 0.3) is 5.56 Å². The van der Waals surface area contributed by atoms with Gasteiger partial charge >= 0.3 is 5.69 Å². The van der Waals surface area contributed by atoms with Crippen molar-refractivity contribution >= 4 is 17.0 Å². The largest absolute Gasteiger partial charge is 0.359 e. The fourth-order valence-corrected chi connectivity index (χ4v) is 2.50. The van der Waals surface area contributed by atoms with Crippen molar-refractivity contribution in [3.63, 3.8) is 0 Å². The summed E-state index contributed by atoms with van der Waals surface area (Å²) in [6.07, 6.45) is 3.32. The third-order valence-corrected chi connectivity index (χ3v) is 3.96. The molecule has 3 heterocycles. The van der Waals surface area contributed by atoms with Crippen LogP contribution < -0.4 is 16.6 Å². The highest BCUT2D eigenvalue weighted by Gasteiger charge is 2.13. The Morgan fingerprint density at radius 1 is 1.16 bits per heavy atom. The summed E-state index contributed by atoms with van der Waals surface area (Å²) in [5.74, 6) is 0.738. The number of anilines is 1. The number of nitrogens with one attached hydrogen (secondary N) is 1. The molecule has 9 nitrogen and oxygen atoms in total. The van der Waals surface area contributed by atoms with Crippen molar-refractivity contribution in [1.29, 1.82) is 0 Å². The van der Waals surface area contributed by atoms with E-state index in [9.17, 15) is 9.59 Å². The molecule has 0 saturated carbocycles. The minimum absolute atomic E-state index is 0.305. The molecule has 9 heteroatoms. The van der Waals surface area contributed by atoms with Gasteiger partial charge in [0.05, 0.1) is 12.9 Å². The minimum Gasteiger partial charge on any atom is -0.359 e. The zero-order chi connectivity index (χ0) is 18.0. The standard InChI is InChI=1S/C16H20N6O3/c1-11-4-5-12(17-8-11)19-10-25-7-6-22-9-18-14-13(22)15(23)21(3)16(24)20(14)2/h4-5,8-9H,6-7,10H2,1-3H3,(H,17,19). The van der Waals surface area contributed by atoms with E-state index in [1.54, 1.807) is 24.1 Å². The van der Waals surface area contributed by atoms with Gasteiger partial charge in [0.1, 0.15) is 12.5 Å². The van der Waals surface area contributed by atoms with E-state index in [4.69, 9.17) is 4.74 Å². The summed E-state index contributed by atoms with van der Waals surface area (Å²) in [7, 11) is 3.05. The Hall–Kier alpha value is -2.94. The summed E-state index contributed by atoms with van der Waals surface area (Å²) < 4.78 is 9.67. The third kappa shape index (κ3) is 3.31. The predicted octanol–water partition coefficient (Wildman–Crippen LogP) is 0.223. The molecular formula is C16H20N6O3. The van der Waals surface area contributed by atoms with Crippen molar-refractivity contribution in [2.45, 2.75) is 13.5 Å². The molecule has 0 radical (unpaired) electrons. The lowest BCUT2D eigenvalue weighted by atomic mass is 10.3. The fourth-order valence-electron chi connectivity index (χ4n) is 2.50. The van der Waals surface area contributed by atoms with Crippen molar-refractivity contribution in [2.75, 3.05) is 18.7 Å². The summed E-state index contributed by atoms with van der Waals surface area (Å²) in [4.78, 5) is 32.6. The average Bonchev–Trinajstić information content (AvgIpc) is 3.03. The van der Waals surface area contributed by atoms with Crippen LogP contribution in [-0.4, -0.2) is 37.0 Å². The highest BCUT2D eigenvalue weighted by Crippen LogP contribution is 2.06. The number of aromatic nitrogens is 5. The Balaban J connectivity index is 1.63. The van der Waals surface area contributed by atoms with E-state index in [1.165, 1.54) is 11.6 Å². The summed E-state index contributed by atoms with van der Waals surface area (Å²) in [6, 6.07) is 3.85. The minimum atomic E-state index is -0.395. The van der Waals surface area contributed by atoms with Crippen molar-refractivity contribution < 1.29 is 4.74 Å². The molecule has 25 heavy (non-hydrogen) atoms. The Labute approximate surface area is 143 Å². The number of rotatable bonds is 6. The summed E-state index contributed by atoms with van der Waals surface area (Å²) in [6.45, 7) is 3.12. The predicted molar refractivity (Wildman–Crippen MR) is 93.6 cm³/mol. The van der Waals surface area contributed by atoms with Gasteiger partial charge < -0.3 is 14.6 Å². The molecule has 0 aliphatic carbocycles. The molecule has 3 aromatic rings. The second-order valence-corrected chi connectivity index (χ2v) is 5.77. The van der Waals surface area contributed by atoms with Crippen LogP contribution in [0, 0.1) is 6.92 Å². The number of ether oxygens (including phenoxy) is 1. The Kier molecular flexibility index (Phi) is 4.66. The fraction of sp³-hybridized carbons (Fsp3) is 0.375. The maximum absolute atomic E-state index is 12.3. The number of fused-ring (bicyclic) bond motifs is 1. The van der Waals surface area contributed by atoms with Gasteiger partial charge in [0.15, 0.2) is 11.2 Å². The first-order valence-electron chi connectivity index (χ1n) is 7.84. The normalized spacial score (nSPS) is 11.2. The molecule has 0 unspecified atom stereocenters. The summed E-state index contributed by atoms with van der Waals surface area (Å²) >= 11 is 0. The van der Waals surface area contributed by atoms with E-state index in [0.717, 1.165) is 15.9 Å². The van der Waals surface area contributed by atoms with Crippen LogP contribution in [0.1, 0.15) is 5.56 Å². The number of pyridine rings is 1. The zero-order valence-electron chi connectivity index (χ0n) is 14.4. The van der Waals surface area contributed by atoms with Crippen molar-refractivity contribution in [2.24, 2.45) is 14.1 Å². The number of hydrogen-bond donors (Lipinski definition) is 1. The van der Waals surface area contributed by atoms with Gasteiger partial charge in [-0.3, -0.25) is 13.9 Å². The second kappa shape index (κ2) is 6.89. The van der Waals surface area contributed by atoms with E-state index in [-0.39, 0.29) is 5.56 Å². The van der Waals surface area contributed by atoms with Crippen LogP contribution in [0.5, 0.6) is 0 Å². The van der Waals surface area contributed by atoms with Gasteiger partial charge in [-0.2, -0.15) is 0 Å². The number of imidazole rings is 1. The van der Waals surface area contributed by atoms with Crippen LogP contribution >= 0.6 is 0 Å². The van der Waals surface area contributed by atoms with Gasteiger partial charge in [-0.1, -0.05) is 6.07 Å². The lowest BCUT2D eigenvalue weighted by Gasteiger charge is -2.09. The van der Waals surface area contributed by atoms with Gasteiger partial charge in [0, 0.05) is 26.8 Å². The maximum atomic E-state index is 12.3. The number of aryl methyl sites for hydroxylation is 2. The molecule has 0 aliphatic heterocycles. The molecule has 1 N–H and O–H groups in total. The van der Waals surface area contributed by atoms with Crippen molar-refractivity contribution in [1.82, 2.24) is 23.7 Å². The number of nitrogens with zero attached hydrogens (tertiary/aromatic N) is 5. The molecular weight excluding hydrogens is 324 g/mol. The van der Waals surface area contributed by atoms with Crippen LogP contribution in [0.4, 0.5) is 5.82 Å². The lowest BCUT2D eigenvalue weighted by molar-refractivity contribution is 0.144. The van der Waals surface area contributed by atoms with E-state index in [1.807, 2.05) is 19.1 Å². The van der Waals surface area contributed by atoms with E-state index in [0.29, 0.717) is 31.0 Å². The van der Waals surface area contributed by atoms with Crippen molar-refractivity contribution in [3.8, 4) is 0 Å². The van der Waals surface area contributed by atoms with E-state index >= 15 is 0 Å². The Morgan fingerprint density at radius 2 is 1.96 bits per heavy atom. The zero-order valence-corrected chi connectivity index (χ0v) is 14.4. The van der Waals surface area contributed by atoms with E-state index in [2.05, 4.69) is 15.3 Å². The van der Waals surface area contributed by atoms with Gasteiger partial charge in [-0.25, -0.2) is 14.8 Å².